The van der Waals surface area contributed by atoms with Crippen molar-refractivity contribution in [2.45, 2.75) is 6.92 Å². The third kappa shape index (κ3) is 1.95. The van der Waals surface area contributed by atoms with Crippen LogP contribution >= 0.6 is 0 Å². The van der Waals surface area contributed by atoms with Crippen LogP contribution in [0.4, 0.5) is 0 Å². The van der Waals surface area contributed by atoms with E-state index in [0.29, 0.717) is 11.4 Å². The molecule has 0 bridgehead atoms. The standard InChI is InChI=1S/C12H12N2O2/c1-8-12(16-2)7-11(14-13-8)9-4-3-5-10(15)6-9/h3-7,15H,1-2H3. The van der Waals surface area contributed by atoms with E-state index in [2.05, 4.69) is 10.2 Å². The fourth-order valence-electron chi connectivity index (χ4n) is 1.45. The number of aromatic hydroxyl groups is 1. The predicted molar refractivity (Wildman–Crippen MR) is 60.4 cm³/mol. The molecule has 0 radical (unpaired) electrons. The number of aromatic nitrogens is 2. The van der Waals surface area contributed by atoms with Crippen LogP contribution in [0.2, 0.25) is 0 Å². The van der Waals surface area contributed by atoms with Crippen LogP contribution in [-0.4, -0.2) is 22.4 Å². The molecule has 0 spiro atoms. The Morgan fingerprint density at radius 3 is 2.69 bits per heavy atom. The molecule has 2 rings (SSSR count). The zero-order valence-corrected chi connectivity index (χ0v) is 9.14. The molecule has 0 fully saturated rings. The van der Waals surface area contributed by atoms with Crippen molar-refractivity contribution in [3.05, 3.63) is 36.0 Å². The molecule has 4 nitrogen and oxygen atoms in total. The number of hydrogen-bond donors (Lipinski definition) is 1. The molecule has 0 aliphatic heterocycles. The molecule has 0 amide bonds. The van der Waals surface area contributed by atoms with Gasteiger partial charge in [-0.05, 0) is 19.1 Å². The minimum atomic E-state index is 0.207. The van der Waals surface area contributed by atoms with E-state index in [9.17, 15) is 5.11 Å². The molecule has 1 aromatic carbocycles. The van der Waals surface area contributed by atoms with Gasteiger partial charge in [0.15, 0.2) is 0 Å². The van der Waals surface area contributed by atoms with Gasteiger partial charge in [-0.2, -0.15) is 5.10 Å². The Morgan fingerprint density at radius 1 is 1.19 bits per heavy atom. The quantitative estimate of drug-likeness (QED) is 0.835. The smallest absolute Gasteiger partial charge is 0.144 e. The van der Waals surface area contributed by atoms with Gasteiger partial charge in [-0.3, -0.25) is 0 Å². The normalized spacial score (nSPS) is 10.1. The van der Waals surface area contributed by atoms with Gasteiger partial charge in [0.2, 0.25) is 0 Å². The van der Waals surface area contributed by atoms with Crippen molar-refractivity contribution >= 4 is 0 Å². The maximum atomic E-state index is 9.38. The molecular formula is C12H12N2O2. The molecule has 0 saturated heterocycles. The Hall–Kier alpha value is -2.10. The van der Waals surface area contributed by atoms with E-state index in [-0.39, 0.29) is 5.75 Å². The third-order valence-corrected chi connectivity index (χ3v) is 2.29. The summed E-state index contributed by atoms with van der Waals surface area (Å²) in [5, 5.41) is 17.4. The summed E-state index contributed by atoms with van der Waals surface area (Å²) in [4.78, 5) is 0. The van der Waals surface area contributed by atoms with Crippen molar-refractivity contribution in [1.82, 2.24) is 10.2 Å². The minimum absolute atomic E-state index is 0.207. The highest BCUT2D eigenvalue weighted by molar-refractivity contribution is 5.62. The number of phenolic OH excluding ortho intramolecular Hbond substituents is 1. The summed E-state index contributed by atoms with van der Waals surface area (Å²) < 4.78 is 5.17. The van der Waals surface area contributed by atoms with Gasteiger partial charge in [0, 0.05) is 11.6 Å². The number of phenols is 1. The van der Waals surface area contributed by atoms with E-state index < -0.39 is 0 Å². The maximum absolute atomic E-state index is 9.38. The number of ether oxygens (including phenoxy) is 1. The zero-order chi connectivity index (χ0) is 11.5. The van der Waals surface area contributed by atoms with Crippen molar-refractivity contribution in [1.29, 1.82) is 0 Å². The van der Waals surface area contributed by atoms with Gasteiger partial charge in [-0.15, -0.1) is 5.10 Å². The molecule has 4 heteroatoms. The lowest BCUT2D eigenvalue weighted by Gasteiger charge is -2.05. The summed E-state index contributed by atoms with van der Waals surface area (Å²) >= 11 is 0. The van der Waals surface area contributed by atoms with Crippen LogP contribution in [0.5, 0.6) is 11.5 Å². The molecule has 0 aliphatic carbocycles. The summed E-state index contributed by atoms with van der Waals surface area (Å²) in [5.74, 6) is 0.896. The largest absolute Gasteiger partial charge is 0.508 e. The lowest BCUT2D eigenvalue weighted by Crippen LogP contribution is -1.95. The van der Waals surface area contributed by atoms with Crippen LogP contribution in [0, 0.1) is 6.92 Å². The van der Waals surface area contributed by atoms with Crippen molar-refractivity contribution in [3.63, 3.8) is 0 Å². The van der Waals surface area contributed by atoms with Crippen LogP contribution in [0.1, 0.15) is 5.69 Å². The van der Waals surface area contributed by atoms with Crippen molar-refractivity contribution in [2.75, 3.05) is 7.11 Å². The summed E-state index contributed by atoms with van der Waals surface area (Å²) in [7, 11) is 1.59. The molecule has 1 aromatic heterocycles. The van der Waals surface area contributed by atoms with Crippen LogP contribution < -0.4 is 4.74 Å². The molecule has 0 aliphatic rings. The topological polar surface area (TPSA) is 55.2 Å². The second-order valence-corrected chi connectivity index (χ2v) is 3.43. The fourth-order valence-corrected chi connectivity index (χ4v) is 1.45. The number of aryl methyl sites for hydroxylation is 1. The third-order valence-electron chi connectivity index (χ3n) is 2.29. The first-order chi connectivity index (χ1) is 7.70. The van der Waals surface area contributed by atoms with Crippen molar-refractivity contribution in [2.24, 2.45) is 0 Å². The molecule has 0 atom stereocenters. The Morgan fingerprint density at radius 2 is 2.00 bits per heavy atom. The number of rotatable bonds is 2. The van der Waals surface area contributed by atoms with Gasteiger partial charge in [-0.1, -0.05) is 12.1 Å². The molecule has 0 saturated carbocycles. The Bertz CT molecular complexity index is 512. The average molecular weight is 216 g/mol. The Kier molecular flexibility index (Phi) is 2.72. The van der Waals surface area contributed by atoms with Gasteiger partial charge in [0.25, 0.3) is 0 Å². The highest BCUT2D eigenvalue weighted by atomic mass is 16.5. The highest BCUT2D eigenvalue weighted by Crippen LogP contribution is 2.25. The number of hydrogen-bond acceptors (Lipinski definition) is 4. The molecule has 16 heavy (non-hydrogen) atoms. The van der Waals surface area contributed by atoms with E-state index >= 15 is 0 Å². The molecule has 1 N–H and O–H groups in total. The van der Waals surface area contributed by atoms with E-state index in [4.69, 9.17) is 4.74 Å². The number of nitrogens with zero attached hydrogens (tertiary/aromatic N) is 2. The predicted octanol–water partition coefficient (Wildman–Crippen LogP) is 2.17. The van der Waals surface area contributed by atoms with Crippen molar-refractivity contribution in [3.8, 4) is 22.8 Å². The molecule has 0 unspecified atom stereocenters. The van der Waals surface area contributed by atoms with Crippen LogP contribution in [0.3, 0.4) is 0 Å². The molecular weight excluding hydrogens is 204 g/mol. The molecule has 1 heterocycles. The second kappa shape index (κ2) is 4.18. The van der Waals surface area contributed by atoms with Gasteiger partial charge in [0.05, 0.1) is 12.8 Å². The van der Waals surface area contributed by atoms with Crippen LogP contribution in [-0.2, 0) is 0 Å². The summed E-state index contributed by atoms with van der Waals surface area (Å²) in [6.07, 6.45) is 0. The van der Waals surface area contributed by atoms with Crippen LogP contribution in [0.15, 0.2) is 30.3 Å². The number of benzene rings is 1. The van der Waals surface area contributed by atoms with E-state index in [0.717, 1.165) is 11.3 Å². The Balaban J connectivity index is 2.48. The van der Waals surface area contributed by atoms with Crippen molar-refractivity contribution < 1.29 is 9.84 Å². The van der Waals surface area contributed by atoms with Gasteiger partial charge in [-0.25, -0.2) is 0 Å². The summed E-state index contributed by atoms with van der Waals surface area (Å²) in [6.45, 7) is 1.83. The first-order valence-corrected chi connectivity index (χ1v) is 4.88. The first-order valence-electron chi connectivity index (χ1n) is 4.88. The van der Waals surface area contributed by atoms with Gasteiger partial charge < -0.3 is 9.84 Å². The molecule has 82 valence electrons. The average Bonchev–Trinajstić information content (AvgIpc) is 2.29. The SMILES string of the molecule is COc1cc(-c2cccc(O)c2)nnc1C. The van der Waals surface area contributed by atoms with E-state index in [1.165, 1.54) is 0 Å². The lowest BCUT2D eigenvalue weighted by molar-refractivity contribution is 0.408. The number of methoxy groups -OCH3 is 1. The minimum Gasteiger partial charge on any atom is -0.508 e. The fraction of sp³-hybridized carbons (Fsp3) is 0.167. The monoisotopic (exact) mass is 216 g/mol. The summed E-state index contributed by atoms with van der Waals surface area (Å²) in [6, 6.07) is 8.68. The highest BCUT2D eigenvalue weighted by Gasteiger charge is 2.06. The maximum Gasteiger partial charge on any atom is 0.144 e. The second-order valence-electron chi connectivity index (χ2n) is 3.43. The first kappa shape index (κ1) is 10.4. The van der Waals surface area contributed by atoms with E-state index in [1.807, 2.05) is 13.0 Å². The zero-order valence-electron chi connectivity index (χ0n) is 9.14. The molecule has 2 aromatic rings. The van der Waals surface area contributed by atoms with Crippen LogP contribution in [0.25, 0.3) is 11.3 Å². The van der Waals surface area contributed by atoms with Gasteiger partial charge >= 0.3 is 0 Å². The summed E-state index contributed by atoms with van der Waals surface area (Å²) in [5.41, 5.74) is 2.23. The Labute approximate surface area is 93.5 Å². The van der Waals surface area contributed by atoms with E-state index in [1.54, 1.807) is 31.4 Å². The van der Waals surface area contributed by atoms with Gasteiger partial charge in [0.1, 0.15) is 17.2 Å². The lowest BCUT2D eigenvalue weighted by atomic mass is 10.1.